The van der Waals surface area contributed by atoms with Crippen molar-refractivity contribution in [3.63, 3.8) is 0 Å². The van der Waals surface area contributed by atoms with Gasteiger partial charge in [-0.15, -0.1) is 22.7 Å². The van der Waals surface area contributed by atoms with Crippen molar-refractivity contribution in [3.8, 4) is 21.8 Å². The van der Waals surface area contributed by atoms with Crippen LogP contribution in [-0.2, 0) is 0 Å². The Bertz CT molecular complexity index is 1080. The number of aromatic amines is 2. The molecule has 26 heavy (non-hydrogen) atoms. The lowest BCUT2D eigenvalue weighted by molar-refractivity contribution is 0.0993. The van der Waals surface area contributed by atoms with Crippen molar-refractivity contribution in [2.24, 2.45) is 5.73 Å². The Hall–Kier alpha value is -3.24. The van der Waals surface area contributed by atoms with E-state index in [1.54, 1.807) is 35.0 Å². The average Bonchev–Trinajstić information content (AvgIpc) is 3.39. The number of nitrogens with zero attached hydrogens (tertiary/aromatic N) is 2. The fourth-order valence-corrected chi connectivity index (χ4v) is 3.71. The number of carbonyl (C=O) groups excluding carboxylic acids is 2. The number of hydrogen-bond acceptors (Lipinski definition) is 6. The molecule has 10 heteroatoms. The Morgan fingerprint density at radius 2 is 2.12 bits per heavy atom. The first-order chi connectivity index (χ1) is 12.6. The summed E-state index contributed by atoms with van der Waals surface area (Å²) in [6, 6.07) is 7.19. The van der Waals surface area contributed by atoms with Gasteiger partial charge in [-0.1, -0.05) is 6.07 Å². The van der Waals surface area contributed by atoms with E-state index in [4.69, 9.17) is 5.73 Å². The summed E-state index contributed by atoms with van der Waals surface area (Å²) in [7, 11) is 0. The summed E-state index contributed by atoms with van der Waals surface area (Å²) >= 11 is 2.84. The molecule has 4 aromatic heterocycles. The first-order valence-electron chi connectivity index (χ1n) is 7.45. The molecule has 4 aromatic rings. The number of hydrogen-bond donors (Lipinski definition) is 4. The molecular weight excluding hydrogens is 372 g/mol. The predicted octanol–water partition coefficient (Wildman–Crippen LogP) is 2.94. The van der Waals surface area contributed by atoms with Gasteiger partial charge in [-0.3, -0.25) is 20.0 Å². The molecule has 130 valence electrons. The summed E-state index contributed by atoms with van der Waals surface area (Å²) in [5, 5.41) is 13.8. The van der Waals surface area contributed by atoms with E-state index in [1.165, 1.54) is 11.3 Å². The zero-order valence-corrected chi connectivity index (χ0v) is 14.8. The van der Waals surface area contributed by atoms with E-state index in [0.717, 1.165) is 16.1 Å². The van der Waals surface area contributed by atoms with Crippen LogP contribution in [0.25, 0.3) is 21.8 Å². The molecule has 0 bridgehead atoms. The zero-order chi connectivity index (χ0) is 18.1. The fraction of sp³-hybridized carbons (Fsp3) is 0. The number of aromatic nitrogens is 4. The number of rotatable bonds is 5. The molecule has 0 atom stereocenters. The summed E-state index contributed by atoms with van der Waals surface area (Å²) in [5.41, 5.74) is 7.95. The molecule has 8 nitrogen and oxygen atoms in total. The van der Waals surface area contributed by atoms with Gasteiger partial charge < -0.3 is 10.7 Å². The molecule has 0 saturated heterocycles. The molecule has 0 aromatic carbocycles. The van der Waals surface area contributed by atoms with Crippen molar-refractivity contribution < 1.29 is 9.59 Å². The molecule has 0 fully saturated rings. The number of amides is 2. The molecule has 0 unspecified atom stereocenters. The molecule has 0 spiro atoms. The van der Waals surface area contributed by atoms with Crippen LogP contribution in [-0.4, -0.2) is 32.0 Å². The molecule has 5 N–H and O–H groups in total. The zero-order valence-electron chi connectivity index (χ0n) is 13.1. The van der Waals surface area contributed by atoms with Gasteiger partial charge in [0, 0.05) is 17.1 Å². The van der Waals surface area contributed by atoms with Gasteiger partial charge >= 0.3 is 0 Å². The number of nitrogens with two attached hydrogens (primary N) is 1. The van der Waals surface area contributed by atoms with E-state index >= 15 is 0 Å². The summed E-state index contributed by atoms with van der Waals surface area (Å²) in [6.07, 6.45) is 1.64. The van der Waals surface area contributed by atoms with Crippen molar-refractivity contribution in [3.05, 3.63) is 52.6 Å². The quantitative estimate of drug-likeness (QED) is 0.421. The van der Waals surface area contributed by atoms with Crippen LogP contribution in [0, 0.1) is 0 Å². The maximum Gasteiger partial charge on any atom is 0.277 e. The third-order valence-corrected chi connectivity index (χ3v) is 5.23. The lowest BCUT2D eigenvalue weighted by Gasteiger charge is -1.96. The minimum Gasteiger partial charge on any atom is -0.364 e. The van der Waals surface area contributed by atoms with Crippen molar-refractivity contribution in [1.29, 1.82) is 0 Å². The highest BCUT2D eigenvalue weighted by Gasteiger charge is 2.15. The maximum absolute atomic E-state index is 12.3. The number of thiophene rings is 1. The van der Waals surface area contributed by atoms with Crippen LogP contribution in [0.3, 0.4) is 0 Å². The average molecular weight is 384 g/mol. The van der Waals surface area contributed by atoms with Crippen molar-refractivity contribution >= 4 is 39.6 Å². The molecule has 0 radical (unpaired) electrons. The minimum absolute atomic E-state index is 0.280. The number of thiazole rings is 1. The smallest absolute Gasteiger partial charge is 0.277 e. The minimum atomic E-state index is -0.542. The number of H-pyrrole nitrogens is 2. The largest absolute Gasteiger partial charge is 0.364 e. The van der Waals surface area contributed by atoms with Crippen LogP contribution in [0.1, 0.15) is 21.0 Å². The number of nitrogens with one attached hydrogen (secondary N) is 3. The van der Waals surface area contributed by atoms with Gasteiger partial charge in [0.2, 0.25) is 0 Å². The van der Waals surface area contributed by atoms with E-state index < -0.39 is 5.91 Å². The van der Waals surface area contributed by atoms with Gasteiger partial charge in [0.1, 0.15) is 5.69 Å². The fourth-order valence-electron chi connectivity index (χ4n) is 2.31. The normalized spacial score (nSPS) is 10.8. The van der Waals surface area contributed by atoms with Crippen LogP contribution in [0.5, 0.6) is 0 Å². The van der Waals surface area contributed by atoms with Gasteiger partial charge in [0.05, 0.1) is 16.3 Å². The van der Waals surface area contributed by atoms with Gasteiger partial charge in [-0.2, -0.15) is 5.10 Å². The Kier molecular flexibility index (Phi) is 4.11. The maximum atomic E-state index is 12.3. The van der Waals surface area contributed by atoms with E-state index in [9.17, 15) is 9.59 Å². The highest BCUT2D eigenvalue weighted by molar-refractivity contribution is 7.14. The molecule has 0 aliphatic carbocycles. The van der Waals surface area contributed by atoms with Crippen LogP contribution in [0.4, 0.5) is 5.13 Å². The Morgan fingerprint density at radius 3 is 2.85 bits per heavy atom. The summed E-state index contributed by atoms with van der Waals surface area (Å²) < 4.78 is 0. The summed E-state index contributed by atoms with van der Waals surface area (Å²) in [5.74, 6) is -0.892. The summed E-state index contributed by atoms with van der Waals surface area (Å²) in [6.45, 7) is 0. The van der Waals surface area contributed by atoms with Crippen LogP contribution in [0.2, 0.25) is 0 Å². The highest BCUT2D eigenvalue weighted by atomic mass is 32.1. The van der Waals surface area contributed by atoms with Crippen molar-refractivity contribution in [1.82, 2.24) is 20.2 Å². The molecule has 4 rings (SSSR count). The number of anilines is 1. The predicted molar refractivity (Wildman–Crippen MR) is 100 cm³/mol. The van der Waals surface area contributed by atoms with Gasteiger partial charge in [0.25, 0.3) is 11.8 Å². The Balaban J connectivity index is 1.48. The SMILES string of the molecule is NC(=O)c1cc(-c2csc(NC(=O)c3cc(-c4cccs4)[nH]n3)n2)c[nH]1. The molecular formula is C16H12N6O2S2. The number of primary amides is 1. The monoisotopic (exact) mass is 384 g/mol. The molecule has 0 saturated carbocycles. The van der Waals surface area contributed by atoms with E-state index in [1.807, 2.05) is 17.5 Å². The van der Waals surface area contributed by atoms with Crippen LogP contribution >= 0.6 is 22.7 Å². The first kappa shape index (κ1) is 16.2. The van der Waals surface area contributed by atoms with E-state index in [0.29, 0.717) is 16.5 Å². The lowest BCUT2D eigenvalue weighted by atomic mass is 10.2. The van der Waals surface area contributed by atoms with Crippen LogP contribution in [0.15, 0.2) is 41.2 Å². The van der Waals surface area contributed by atoms with Gasteiger partial charge in [-0.25, -0.2) is 4.98 Å². The highest BCUT2D eigenvalue weighted by Crippen LogP contribution is 2.26. The van der Waals surface area contributed by atoms with Crippen molar-refractivity contribution in [2.45, 2.75) is 0 Å². The number of carbonyl (C=O) groups is 2. The van der Waals surface area contributed by atoms with E-state index in [-0.39, 0.29) is 11.6 Å². The lowest BCUT2D eigenvalue weighted by Crippen LogP contribution is -2.12. The van der Waals surface area contributed by atoms with Crippen LogP contribution < -0.4 is 11.1 Å². The Morgan fingerprint density at radius 1 is 1.23 bits per heavy atom. The standard InChI is InChI=1S/C16H12N6O2S2/c17-14(23)10-4-8(6-18-10)12-7-26-16(19-12)20-15(24)11-5-9(21-22-11)13-2-1-3-25-13/h1-7,18H,(H2,17,23)(H,21,22)(H,19,20,24). The second-order valence-corrected chi connectivity index (χ2v) is 7.11. The molecule has 2 amide bonds. The van der Waals surface area contributed by atoms with Crippen molar-refractivity contribution in [2.75, 3.05) is 5.32 Å². The third kappa shape index (κ3) is 3.15. The Labute approximate surface area is 155 Å². The molecule has 0 aliphatic heterocycles. The van der Waals surface area contributed by atoms with Gasteiger partial charge in [0.15, 0.2) is 10.8 Å². The topological polar surface area (TPSA) is 130 Å². The third-order valence-electron chi connectivity index (χ3n) is 3.57. The second kappa shape index (κ2) is 6.58. The second-order valence-electron chi connectivity index (χ2n) is 5.30. The van der Waals surface area contributed by atoms with Gasteiger partial charge in [-0.05, 0) is 23.6 Å². The summed E-state index contributed by atoms with van der Waals surface area (Å²) in [4.78, 5) is 31.6. The first-order valence-corrected chi connectivity index (χ1v) is 9.21. The van der Waals surface area contributed by atoms with E-state index in [2.05, 4.69) is 25.5 Å². The molecule has 0 aliphatic rings. The molecule has 4 heterocycles.